The van der Waals surface area contributed by atoms with Gasteiger partial charge in [0.15, 0.2) is 0 Å². The molecule has 0 spiro atoms. The first-order valence-corrected chi connectivity index (χ1v) is 8.67. The highest BCUT2D eigenvalue weighted by Crippen LogP contribution is 2.38. The highest BCUT2D eigenvalue weighted by Gasteiger charge is 2.29. The zero-order valence-electron chi connectivity index (χ0n) is 13.6. The van der Waals surface area contributed by atoms with Crippen LogP contribution in [0.3, 0.4) is 0 Å². The maximum atomic E-state index is 6.42. The van der Waals surface area contributed by atoms with E-state index in [2.05, 4.69) is 39.3 Å². The van der Waals surface area contributed by atoms with Crippen LogP contribution in [-0.4, -0.2) is 9.78 Å². The van der Waals surface area contributed by atoms with Crippen LogP contribution < -0.4 is 0 Å². The molecule has 1 aromatic rings. The average Bonchev–Trinajstić information content (AvgIpc) is 2.80. The summed E-state index contributed by atoms with van der Waals surface area (Å²) < 4.78 is 2.33. The molecule has 1 saturated carbocycles. The molecule has 0 bridgehead atoms. The minimum Gasteiger partial charge on any atom is -0.266 e. The summed E-state index contributed by atoms with van der Waals surface area (Å²) in [7, 11) is 0. The fourth-order valence-corrected chi connectivity index (χ4v) is 3.90. The van der Waals surface area contributed by atoms with Crippen LogP contribution in [0.15, 0.2) is 0 Å². The maximum Gasteiger partial charge on any atom is 0.0671 e. The van der Waals surface area contributed by atoms with Crippen molar-refractivity contribution >= 4 is 11.6 Å². The number of hydrogen-bond donors (Lipinski definition) is 0. The minimum atomic E-state index is 0.0635. The Kier molecular flexibility index (Phi) is 5.17. The molecule has 2 rings (SSSR count). The first-order chi connectivity index (χ1) is 9.49. The molecule has 1 aromatic heterocycles. The molecule has 1 aliphatic rings. The third kappa shape index (κ3) is 2.90. The van der Waals surface area contributed by atoms with Crippen LogP contribution in [-0.2, 0) is 12.8 Å². The van der Waals surface area contributed by atoms with E-state index in [4.69, 9.17) is 16.7 Å². The normalized spacial score (nSPS) is 28.6. The minimum absolute atomic E-state index is 0.0635. The Hall–Kier alpha value is -0.500. The molecule has 0 amide bonds. The lowest BCUT2D eigenvalue weighted by atomic mass is 9.79. The SMILES string of the molecule is CCc1nn(C2CCC(C)C(C)C2)c(CC)c1C(C)Cl. The molecule has 0 aromatic carbocycles. The Bertz CT molecular complexity index is 450. The lowest BCUT2D eigenvalue weighted by Gasteiger charge is -2.33. The topological polar surface area (TPSA) is 17.8 Å². The second-order valence-corrected chi connectivity index (χ2v) is 7.15. The first kappa shape index (κ1) is 15.9. The molecule has 1 aliphatic carbocycles. The lowest BCUT2D eigenvalue weighted by molar-refractivity contribution is 0.198. The Morgan fingerprint density at radius 1 is 1.20 bits per heavy atom. The molecule has 0 radical (unpaired) electrons. The van der Waals surface area contributed by atoms with E-state index in [-0.39, 0.29) is 5.38 Å². The summed E-state index contributed by atoms with van der Waals surface area (Å²) in [5.41, 5.74) is 3.87. The fourth-order valence-electron chi connectivity index (χ4n) is 3.65. The molecule has 3 heteroatoms. The molecule has 0 aliphatic heterocycles. The van der Waals surface area contributed by atoms with Crippen molar-refractivity contribution < 1.29 is 0 Å². The molecule has 0 N–H and O–H groups in total. The Balaban J connectivity index is 2.36. The van der Waals surface area contributed by atoms with Gasteiger partial charge in [-0.05, 0) is 50.9 Å². The van der Waals surface area contributed by atoms with Crippen molar-refractivity contribution in [3.8, 4) is 0 Å². The molecule has 4 unspecified atom stereocenters. The molecule has 1 heterocycles. The summed E-state index contributed by atoms with van der Waals surface area (Å²) in [6, 6.07) is 0.575. The van der Waals surface area contributed by atoms with Gasteiger partial charge in [-0.2, -0.15) is 5.10 Å². The molecule has 1 fully saturated rings. The van der Waals surface area contributed by atoms with Crippen molar-refractivity contribution in [3.63, 3.8) is 0 Å². The third-order valence-electron chi connectivity index (χ3n) is 5.11. The molecular formula is C17H29ClN2. The second kappa shape index (κ2) is 6.51. The zero-order valence-corrected chi connectivity index (χ0v) is 14.4. The number of aromatic nitrogens is 2. The van der Waals surface area contributed by atoms with E-state index in [1.54, 1.807) is 0 Å². The number of aryl methyl sites for hydroxylation is 1. The molecule has 2 nitrogen and oxygen atoms in total. The molecule has 20 heavy (non-hydrogen) atoms. The van der Waals surface area contributed by atoms with Crippen molar-refractivity contribution in [1.82, 2.24) is 9.78 Å². The van der Waals surface area contributed by atoms with Gasteiger partial charge in [0.2, 0.25) is 0 Å². The maximum absolute atomic E-state index is 6.42. The highest BCUT2D eigenvalue weighted by molar-refractivity contribution is 6.20. The highest BCUT2D eigenvalue weighted by atomic mass is 35.5. The van der Waals surface area contributed by atoms with Crippen molar-refractivity contribution in [2.45, 2.75) is 78.1 Å². The van der Waals surface area contributed by atoms with Crippen LogP contribution in [0.2, 0.25) is 0 Å². The number of rotatable bonds is 4. The van der Waals surface area contributed by atoms with E-state index in [9.17, 15) is 0 Å². The van der Waals surface area contributed by atoms with Crippen LogP contribution in [0.1, 0.15) is 82.3 Å². The Morgan fingerprint density at radius 3 is 2.40 bits per heavy atom. The summed E-state index contributed by atoms with van der Waals surface area (Å²) >= 11 is 6.42. The van der Waals surface area contributed by atoms with Crippen molar-refractivity contribution in [2.24, 2.45) is 11.8 Å². The van der Waals surface area contributed by atoms with Gasteiger partial charge in [0.05, 0.1) is 17.1 Å². The Labute approximate surface area is 128 Å². The van der Waals surface area contributed by atoms with Crippen LogP contribution in [0.5, 0.6) is 0 Å². The van der Waals surface area contributed by atoms with Crippen molar-refractivity contribution in [2.75, 3.05) is 0 Å². The molecule has 0 saturated heterocycles. The summed E-state index contributed by atoms with van der Waals surface area (Å²) in [6.45, 7) is 11.3. The van der Waals surface area contributed by atoms with E-state index in [1.165, 1.54) is 36.2 Å². The van der Waals surface area contributed by atoms with Gasteiger partial charge in [-0.3, -0.25) is 4.68 Å². The predicted molar refractivity (Wildman–Crippen MR) is 86.5 cm³/mol. The van der Waals surface area contributed by atoms with E-state index in [1.807, 2.05) is 0 Å². The molecule has 114 valence electrons. The van der Waals surface area contributed by atoms with Gasteiger partial charge in [0, 0.05) is 11.3 Å². The smallest absolute Gasteiger partial charge is 0.0671 e. The monoisotopic (exact) mass is 296 g/mol. The number of alkyl halides is 1. The van der Waals surface area contributed by atoms with Crippen LogP contribution >= 0.6 is 11.6 Å². The fraction of sp³-hybridized carbons (Fsp3) is 0.824. The van der Waals surface area contributed by atoms with Crippen LogP contribution in [0.25, 0.3) is 0 Å². The van der Waals surface area contributed by atoms with Gasteiger partial charge in [0.1, 0.15) is 0 Å². The van der Waals surface area contributed by atoms with E-state index < -0.39 is 0 Å². The lowest BCUT2D eigenvalue weighted by Crippen LogP contribution is -2.25. The number of hydrogen-bond acceptors (Lipinski definition) is 1. The van der Waals surface area contributed by atoms with Crippen molar-refractivity contribution in [3.05, 3.63) is 17.0 Å². The summed E-state index contributed by atoms with van der Waals surface area (Å²) in [4.78, 5) is 0. The molecule has 4 atom stereocenters. The standard InChI is InChI=1S/C17H29ClN2/c1-6-15-17(13(5)18)16(7-2)20(19-15)14-9-8-11(3)12(4)10-14/h11-14H,6-10H2,1-5H3. The van der Waals surface area contributed by atoms with Crippen LogP contribution in [0.4, 0.5) is 0 Å². The summed E-state index contributed by atoms with van der Waals surface area (Å²) in [5, 5.41) is 5.00. The van der Waals surface area contributed by atoms with Crippen LogP contribution in [0, 0.1) is 11.8 Å². The predicted octanol–water partition coefficient (Wildman–Crippen LogP) is 5.30. The zero-order chi connectivity index (χ0) is 14.9. The van der Waals surface area contributed by atoms with Gasteiger partial charge < -0.3 is 0 Å². The largest absolute Gasteiger partial charge is 0.266 e. The van der Waals surface area contributed by atoms with Gasteiger partial charge in [0.25, 0.3) is 0 Å². The second-order valence-electron chi connectivity index (χ2n) is 6.50. The summed E-state index contributed by atoms with van der Waals surface area (Å²) in [5.74, 6) is 1.65. The van der Waals surface area contributed by atoms with Gasteiger partial charge >= 0.3 is 0 Å². The van der Waals surface area contributed by atoms with E-state index in [0.717, 1.165) is 24.7 Å². The number of halogens is 1. The summed E-state index contributed by atoms with van der Waals surface area (Å²) in [6.07, 6.45) is 5.85. The average molecular weight is 297 g/mol. The molecular weight excluding hydrogens is 268 g/mol. The van der Waals surface area contributed by atoms with E-state index in [0.29, 0.717) is 6.04 Å². The number of nitrogens with zero attached hydrogens (tertiary/aromatic N) is 2. The first-order valence-electron chi connectivity index (χ1n) is 8.23. The van der Waals surface area contributed by atoms with Gasteiger partial charge in [-0.25, -0.2) is 0 Å². The van der Waals surface area contributed by atoms with Gasteiger partial charge in [-0.15, -0.1) is 11.6 Å². The quantitative estimate of drug-likeness (QED) is 0.689. The van der Waals surface area contributed by atoms with E-state index >= 15 is 0 Å². The van der Waals surface area contributed by atoms with Gasteiger partial charge in [-0.1, -0.05) is 27.7 Å². The Morgan fingerprint density at radius 2 is 1.90 bits per heavy atom. The third-order valence-corrected chi connectivity index (χ3v) is 5.33. The van der Waals surface area contributed by atoms with Crippen molar-refractivity contribution in [1.29, 1.82) is 0 Å².